The lowest BCUT2D eigenvalue weighted by atomic mass is 9.96. The molecule has 128 valence electrons. The van der Waals surface area contributed by atoms with E-state index in [-0.39, 0.29) is 18.0 Å². The van der Waals surface area contributed by atoms with Crippen LogP contribution in [0.15, 0.2) is 30.3 Å². The van der Waals surface area contributed by atoms with Crippen LogP contribution in [0.25, 0.3) is 0 Å². The number of carbonyl (C=O) groups is 1. The van der Waals surface area contributed by atoms with Crippen molar-refractivity contribution in [2.45, 2.75) is 19.9 Å². The predicted molar refractivity (Wildman–Crippen MR) is 90.5 cm³/mol. The summed E-state index contributed by atoms with van der Waals surface area (Å²) in [4.78, 5) is 14.2. The van der Waals surface area contributed by atoms with Gasteiger partial charge in [0.1, 0.15) is 0 Å². The Labute approximate surface area is 138 Å². The van der Waals surface area contributed by atoms with Crippen molar-refractivity contribution in [3.8, 4) is 0 Å². The van der Waals surface area contributed by atoms with Gasteiger partial charge in [-0.2, -0.15) is 4.31 Å². The summed E-state index contributed by atoms with van der Waals surface area (Å²) in [5, 5.41) is 3.08. The summed E-state index contributed by atoms with van der Waals surface area (Å²) in [7, 11) is -3.18. The number of hydrogen-bond donors (Lipinski definition) is 1. The van der Waals surface area contributed by atoms with Gasteiger partial charge in [-0.3, -0.25) is 0 Å². The zero-order valence-corrected chi connectivity index (χ0v) is 14.7. The average Bonchev–Trinajstić information content (AvgIpc) is 2.52. The highest BCUT2D eigenvalue weighted by Gasteiger charge is 2.27. The first kappa shape index (κ1) is 17.7. The van der Waals surface area contributed by atoms with E-state index in [0.29, 0.717) is 26.2 Å². The summed E-state index contributed by atoms with van der Waals surface area (Å²) in [6.45, 7) is 5.67. The number of nitrogens with zero attached hydrogens (tertiary/aromatic N) is 2. The summed E-state index contributed by atoms with van der Waals surface area (Å²) >= 11 is 0. The van der Waals surface area contributed by atoms with Crippen LogP contribution in [0.1, 0.15) is 25.5 Å². The largest absolute Gasteiger partial charge is 0.331 e. The highest BCUT2D eigenvalue weighted by atomic mass is 32.2. The standard InChI is InChI=1S/C16H25N3O3S/c1-13(2)15(14-7-5-4-6-8-14)17-16(20)18-9-11-19(12-10-18)23(3,21)22/h4-8,13,15H,9-12H2,1-3H3,(H,17,20)/t15-/m1/s1. The minimum atomic E-state index is -3.18. The van der Waals surface area contributed by atoms with E-state index in [1.807, 2.05) is 30.3 Å². The van der Waals surface area contributed by atoms with E-state index in [4.69, 9.17) is 0 Å². The normalized spacial score (nSPS) is 18.0. The molecule has 1 fully saturated rings. The van der Waals surface area contributed by atoms with Gasteiger partial charge in [-0.15, -0.1) is 0 Å². The summed E-state index contributed by atoms with van der Waals surface area (Å²) in [6, 6.07) is 9.69. The number of carbonyl (C=O) groups excluding carboxylic acids is 1. The molecule has 0 aromatic heterocycles. The van der Waals surface area contributed by atoms with Crippen molar-refractivity contribution in [3.05, 3.63) is 35.9 Å². The highest BCUT2D eigenvalue weighted by molar-refractivity contribution is 7.88. The molecule has 0 aliphatic carbocycles. The highest BCUT2D eigenvalue weighted by Crippen LogP contribution is 2.21. The third-order valence-electron chi connectivity index (χ3n) is 4.10. The van der Waals surface area contributed by atoms with Gasteiger partial charge >= 0.3 is 6.03 Å². The molecule has 1 aliphatic rings. The first-order chi connectivity index (χ1) is 10.8. The zero-order chi connectivity index (χ0) is 17.0. The molecule has 6 nitrogen and oxygen atoms in total. The van der Waals surface area contributed by atoms with Crippen LogP contribution >= 0.6 is 0 Å². The molecular weight excluding hydrogens is 314 g/mol. The van der Waals surface area contributed by atoms with Gasteiger partial charge in [0.15, 0.2) is 0 Å². The van der Waals surface area contributed by atoms with Crippen molar-refractivity contribution in [2.24, 2.45) is 5.92 Å². The van der Waals surface area contributed by atoms with Crippen LogP contribution in [0.3, 0.4) is 0 Å². The van der Waals surface area contributed by atoms with Gasteiger partial charge < -0.3 is 10.2 Å². The van der Waals surface area contributed by atoms with Crippen LogP contribution in [-0.2, 0) is 10.0 Å². The van der Waals surface area contributed by atoms with Crippen molar-refractivity contribution < 1.29 is 13.2 Å². The monoisotopic (exact) mass is 339 g/mol. The van der Waals surface area contributed by atoms with E-state index in [1.54, 1.807) is 4.90 Å². The zero-order valence-electron chi connectivity index (χ0n) is 13.9. The summed E-state index contributed by atoms with van der Waals surface area (Å²) in [6.07, 6.45) is 1.20. The van der Waals surface area contributed by atoms with Gasteiger partial charge in [-0.05, 0) is 11.5 Å². The molecule has 2 amide bonds. The van der Waals surface area contributed by atoms with Gasteiger partial charge in [0.05, 0.1) is 12.3 Å². The second kappa shape index (κ2) is 7.31. The topological polar surface area (TPSA) is 69.7 Å². The first-order valence-corrected chi connectivity index (χ1v) is 9.69. The minimum absolute atomic E-state index is 0.0587. The Balaban J connectivity index is 1.98. The maximum absolute atomic E-state index is 12.5. The molecule has 1 saturated heterocycles. The third-order valence-corrected chi connectivity index (χ3v) is 5.40. The Morgan fingerprint density at radius 3 is 2.13 bits per heavy atom. The van der Waals surface area contributed by atoms with Gasteiger partial charge in [-0.25, -0.2) is 13.2 Å². The van der Waals surface area contributed by atoms with Crippen LogP contribution in [0.5, 0.6) is 0 Å². The molecule has 1 heterocycles. The molecule has 1 N–H and O–H groups in total. The number of urea groups is 1. The van der Waals surface area contributed by atoms with Gasteiger partial charge in [0.2, 0.25) is 10.0 Å². The van der Waals surface area contributed by atoms with Crippen LogP contribution in [0.4, 0.5) is 4.79 Å². The van der Waals surface area contributed by atoms with E-state index >= 15 is 0 Å². The minimum Gasteiger partial charge on any atom is -0.331 e. The number of rotatable bonds is 4. The number of amides is 2. The van der Waals surface area contributed by atoms with Crippen molar-refractivity contribution in [1.82, 2.24) is 14.5 Å². The fourth-order valence-electron chi connectivity index (χ4n) is 2.74. The van der Waals surface area contributed by atoms with Crippen molar-refractivity contribution >= 4 is 16.1 Å². The summed E-state index contributed by atoms with van der Waals surface area (Å²) in [5.74, 6) is 0.263. The van der Waals surface area contributed by atoms with E-state index in [9.17, 15) is 13.2 Å². The molecular formula is C16H25N3O3S. The number of benzene rings is 1. The molecule has 1 aromatic rings. The summed E-state index contributed by atoms with van der Waals surface area (Å²) in [5.41, 5.74) is 1.07. The van der Waals surface area contributed by atoms with Gasteiger partial charge in [0, 0.05) is 26.2 Å². The van der Waals surface area contributed by atoms with E-state index in [1.165, 1.54) is 10.6 Å². The smallest absolute Gasteiger partial charge is 0.317 e. The Morgan fingerprint density at radius 1 is 1.09 bits per heavy atom. The Kier molecular flexibility index (Phi) is 5.64. The van der Waals surface area contributed by atoms with E-state index in [2.05, 4.69) is 19.2 Å². The molecule has 0 bridgehead atoms. The van der Waals surface area contributed by atoms with Crippen LogP contribution < -0.4 is 5.32 Å². The quantitative estimate of drug-likeness (QED) is 0.907. The fourth-order valence-corrected chi connectivity index (χ4v) is 3.57. The molecule has 23 heavy (non-hydrogen) atoms. The van der Waals surface area contributed by atoms with Crippen LogP contribution in [0.2, 0.25) is 0 Å². The van der Waals surface area contributed by atoms with Gasteiger partial charge in [0.25, 0.3) is 0 Å². The molecule has 0 spiro atoms. The lowest BCUT2D eigenvalue weighted by Gasteiger charge is -2.35. The van der Waals surface area contributed by atoms with Crippen molar-refractivity contribution in [2.75, 3.05) is 32.4 Å². The van der Waals surface area contributed by atoms with Crippen LogP contribution in [0, 0.1) is 5.92 Å². The van der Waals surface area contributed by atoms with Gasteiger partial charge in [-0.1, -0.05) is 44.2 Å². The number of hydrogen-bond acceptors (Lipinski definition) is 3. The van der Waals surface area contributed by atoms with Crippen LogP contribution in [-0.4, -0.2) is 56.1 Å². The fraction of sp³-hybridized carbons (Fsp3) is 0.562. The lowest BCUT2D eigenvalue weighted by molar-refractivity contribution is 0.166. The molecule has 2 rings (SSSR count). The molecule has 0 saturated carbocycles. The van der Waals surface area contributed by atoms with Crippen molar-refractivity contribution in [1.29, 1.82) is 0 Å². The maximum atomic E-state index is 12.5. The molecule has 0 radical (unpaired) electrons. The molecule has 7 heteroatoms. The number of sulfonamides is 1. The SMILES string of the molecule is CC(C)[C@@H](NC(=O)N1CCN(S(C)(=O)=O)CC1)c1ccccc1. The maximum Gasteiger partial charge on any atom is 0.317 e. The Hall–Kier alpha value is -1.60. The number of nitrogens with one attached hydrogen (secondary N) is 1. The van der Waals surface area contributed by atoms with Crippen molar-refractivity contribution in [3.63, 3.8) is 0 Å². The Morgan fingerprint density at radius 2 is 1.65 bits per heavy atom. The number of piperazine rings is 1. The predicted octanol–water partition coefficient (Wildman–Crippen LogP) is 1.67. The second-order valence-electron chi connectivity index (χ2n) is 6.23. The van der Waals surface area contributed by atoms with E-state index < -0.39 is 10.0 Å². The summed E-state index contributed by atoms with van der Waals surface area (Å²) < 4.78 is 24.5. The molecule has 1 atom stereocenters. The molecule has 1 aliphatic heterocycles. The van der Waals surface area contributed by atoms with E-state index in [0.717, 1.165) is 5.56 Å². The average molecular weight is 339 g/mol. The second-order valence-corrected chi connectivity index (χ2v) is 8.21. The lowest BCUT2D eigenvalue weighted by Crippen LogP contribution is -2.53. The molecule has 1 aromatic carbocycles. The third kappa shape index (κ3) is 4.68. The molecule has 0 unspecified atom stereocenters. The Bertz CT molecular complexity index is 623. The first-order valence-electron chi connectivity index (χ1n) is 7.84.